The van der Waals surface area contributed by atoms with Gasteiger partial charge in [-0.3, -0.25) is 10.8 Å². The SMILES string of the molecule is NNC(c1ccncc1F)c1cccc2c1OCCC2. The summed E-state index contributed by atoms with van der Waals surface area (Å²) in [7, 11) is 0. The van der Waals surface area contributed by atoms with Gasteiger partial charge >= 0.3 is 0 Å². The fourth-order valence-electron chi connectivity index (χ4n) is 2.61. The molecular weight excluding hydrogens is 257 g/mol. The highest BCUT2D eigenvalue weighted by atomic mass is 19.1. The second kappa shape index (κ2) is 5.56. The minimum absolute atomic E-state index is 0.385. The number of hydrazine groups is 1. The number of nitrogens with one attached hydrogen (secondary N) is 1. The maximum Gasteiger partial charge on any atom is 0.146 e. The van der Waals surface area contributed by atoms with Crippen molar-refractivity contribution in [3.05, 3.63) is 59.2 Å². The molecule has 0 fully saturated rings. The first-order chi connectivity index (χ1) is 9.81. The lowest BCUT2D eigenvalue weighted by Crippen LogP contribution is -2.30. The number of hydrogen-bond acceptors (Lipinski definition) is 4. The maximum absolute atomic E-state index is 13.9. The average Bonchev–Trinajstić information content (AvgIpc) is 2.50. The molecule has 1 aromatic heterocycles. The first kappa shape index (κ1) is 13.0. The number of benzene rings is 1. The summed E-state index contributed by atoms with van der Waals surface area (Å²) >= 11 is 0. The van der Waals surface area contributed by atoms with E-state index in [1.807, 2.05) is 18.2 Å². The quantitative estimate of drug-likeness (QED) is 0.664. The Bertz CT molecular complexity index is 618. The van der Waals surface area contributed by atoms with Crippen LogP contribution >= 0.6 is 0 Å². The Hall–Kier alpha value is -1.98. The number of aromatic nitrogens is 1. The summed E-state index contributed by atoms with van der Waals surface area (Å²) in [6, 6.07) is 7.07. The Kier molecular flexibility index (Phi) is 3.62. The number of nitrogens with two attached hydrogens (primary N) is 1. The molecule has 1 atom stereocenters. The highest BCUT2D eigenvalue weighted by Crippen LogP contribution is 2.35. The summed E-state index contributed by atoms with van der Waals surface area (Å²) in [5.74, 6) is 6.08. The molecule has 0 bridgehead atoms. The van der Waals surface area contributed by atoms with Crippen LogP contribution in [0.5, 0.6) is 5.75 Å². The Morgan fingerprint density at radius 3 is 3.00 bits per heavy atom. The van der Waals surface area contributed by atoms with E-state index < -0.39 is 6.04 Å². The van der Waals surface area contributed by atoms with E-state index in [4.69, 9.17) is 10.6 Å². The summed E-state index contributed by atoms with van der Waals surface area (Å²) in [5.41, 5.74) is 5.14. The van der Waals surface area contributed by atoms with Crippen molar-refractivity contribution in [3.8, 4) is 5.75 Å². The molecule has 0 amide bonds. The summed E-state index contributed by atoms with van der Waals surface area (Å²) in [5, 5.41) is 0. The lowest BCUT2D eigenvalue weighted by Gasteiger charge is -2.25. The van der Waals surface area contributed by atoms with Crippen LogP contribution in [0.15, 0.2) is 36.7 Å². The van der Waals surface area contributed by atoms with Gasteiger partial charge in [-0.2, -0.15) is 0 Å². The van der Waals surface area contributed by atoms with E-state index in [1.54, 1.807) is 12.3 Å². The number of para-hydroxylation sites is 1. The van der Waals surface area contributed by atoms with Gasteiger partial charge in [-0.15, -0.1) is 0 Å². The number of hydrogen-bond donors (Lipinski definition) is 2. The van der Waals surface area contributed by atoms with Gasteiger partial charge < -0.3 is 4.74 Å². The van der Waals surface area contributed by atoms with E-state index >= 15 is 0 Å². The van der Waals surface area contributed by atoms with Crippen molar-refractivity contribution in [2.45, 2.75) is 18.9 Å². The Balaban J connectivity index is 2.09. The largest absolute Gasteiger partial charge is 0.493 e. The zero-order valence-electron chi connectivity index (χ0n) is 11.0. The zero-order valence-corrected chi connectivity index (χ0v) is 11.0. The van der Waals surface area contributed by atoms with Crippen molar-refractivity contribution < 1.29 is 9.13 Å². The maximum atomic E-state index is 13.9. The van der Waals surface area contributed by atoms with Crippen LogP contribution in [-0.2, 0) is 6.42 Å². The zero-order chi connectivity index (χ0) is 13.9. The van der Waals surface area contributed by atoms with Crippen molar-refractivity contribution in [1.29, 1.82) is 0 Å². The summed E-state index contributed by atoms with van der Waals surface area (Å²) < 4.78 is 19.7. The van der Waals surface area contributed by atoms with Gasteiger partial charge in [0.25, 0.3) is 0 Å². The van der Waals surface area contributed by atoms with Crippen LogP contribution in [0.3, 0.4) is 0 Å². The van der Waals surface area contributed by atoms with Gasteiger partial charge in [0.05, 0.1) is 18.8 Å². The Morgan fingerprint density at radius 2 is 2.20 bits per heavy atom. The molecule has 1 aromatic carbocycles. The molecular formula is C15H16FN3O. The number of nitrogens with zero attached hydrogens (tertiary/aromatic N) is 1. The van der Waals surface area contributed by atoms with E-state index in [0.717, 1.165) is 29.7 Å². The fraction of sp³-hybridized carbons (Fsp3) is 0.267. The Labute approximate surface area is 116 Å². The summed E-state index contributed by atoms with van der Waals surface area (Å²) in [6.45, 7) is 0.681. The van der Waals surface area contributed by atoms with Crippen molar-refractivity contribution in [1.82, 2.24) is 10.4 Å². The van der Waals surface area contributed by atoms with Crippen molar-refractivity contribution in [2.24, 2.45) is 5.84 Å². The molecule has 0 saturated heterocycles. The van der Waals surface area contributed by atoms with Crippen LogP contribution in [0.1, 0.15) is 29.2 Å². The van der Waals surface area contributed by atoms with Crippen LogP contribution in [-0.4, -0.2) is 11.6 Å². The molecule has 20 heavy (non-hydrogen) atoms. The highest BCUT2D eigenvalue weighted by molar-refractivity contribution is 5.47. The van der Waals surface area contributed by atoms with Crippen LogP contribution < -0.4 is 16.0 Å². The molecule has 1 aliphatic rings. The van der Waals surface area contributed by atoms with Crippen LogP contribution in [0, 0.1) is 5.82 Å². The van der Waals surface area contributed by atoms with Gasteiger partial charge in [0.15, 0.2) is 0 Å². The Morgan fingerprint density at radius 1 is 1.30 bits per heavy atom. The minimum atomic E-state index is -0.453. The minimum Gasteiger partial charge on any atom is -0.493 e. The molecule has 3 N–H and O–H groups in total. The third-order valence-electron chi connectivity index (χ3n) is 3.56. The van der Waals surface area contributed by atoms with Gasteiger partial charge in [0, 0.05) is 17.3 Å². The number of pyridine rings is 1. The first-order valence-corrected chi connectivity index (χ1v) is 6.61. The van der Waals surface area contributed by atoms with Crippen LogP contribution in [0.2, 0.25) is 0 Å². The molecule has 5 heteroatoms. The first-order valence-electron chi connectivity index (χ1n) is 6.61. The average molecular weight is 273 g/mol. The second-order valence-electron chi connectivity index (χ2n) is 4.78. The molecule has 3 rings (SSSR count). The number of ether oxygens (including phenoxy) is 1. The molecule has 1 aliphatic heterocycles. The second-order valence-corrected chi connectivity index (χ2v) is 4.78. The summed E-state index contributed by atoms with van der Waals surface area (Å²) in [6.07, 6.45) is 4.72. The standard InChI is InChI=1S/C15H16FN3O/c16-13-9-18-7-6-11(13)14(19-17)12-5-1-3-10-4-2-8-20-15(10)12/h1,3,5-7,9,14,19H,2,4,8,17H2. The predicted octanol–water partition coefficient (Wildman–Crippen LogP) is 2.10. The predicted molar refractivity (Wildman–Crippen MR) is 73.6 cm³/mol. The lowest BCUT2D eigenvalue weighted by atomic mass is 9.94. The molecule has 104 valence electrons. The topological polar surface area (TPSA) is 60.2 Å². The molecule has 2 aromatic rings. The number of fused-ring (bicyclic) bond motifs is 1. The van der Waals surface area contributed by atoms with Gasteiger partial charge in [-0.1, -0.05) is 18.2 Å². The molecule has 0 spiro atoms. The van der Waals surface area contributed by atoms with E-state index in [2.05, 4.69) is 10.4 Å². The molecule has 0 saturated carbocycles. The fourth-order valence-corrected chi connectivity index (χ4v) is 2.61. The lowest BCUT2D eigenvalue weighted by molar-refractivity contribution is 0.283. The summed E-state index contributed by atoms with van der Waals surface area (Å²) in [4.78, 5) is 3.77. The normalized spacial score (nSPS) is 15.3. The van der Waals surface area contributed by atoms with Gasteiger partial charge in [-0.25, -0.2) is 9.82 Å². The van der Waals surface area contributed by atoms with Crippen LogP contribution in [0.4, 0.5) is 4.39 Å². The smallest absolute Gasteiger partial charge is 0.146 e. The molecule has 0 radical (unpaired) electrons. The van der Waals surface area contributed by atoms with E-state index in [9.17, 15) is 4.39 Å². The number of aryl methyl sites for hydroxylation is 1. The van der Waals surface area contributed by atoms with E-state index in [-0.39, 0.29) is 5.82 Å². The molecule has 2 heterocycles. The molecule has 1 unspecified atom stereocenters. The van der Waals surface area contributed by atoms with E-state index in [0.29, 0.717) is 12.2 Å². The number of rotatable bonds is 3. The monoisotopic (exact) mass is 273 g/mol. The number of halogens is 1. The van der Waals surface area contributed by atoms with E-state index in [1.165, 1.54) is 6.20 Å². The van der Waals surface area contributed by atoms with Gasteiger partial charge in [0.1, 0.15) is 11.6 Å². The highest BCUT2D eigenvalue weighted by Gasteiger charge is 2.23. The third-order valence-corrected chi connectivity index (χ3v) is 3.56. The third kappa shape index (κ3) is 2.26. The molecule has 4 nitrogen and oxygen atoms in total. The van der Waals surface area contributed by atoms with Crippen molar-refractivity contribution in [2.75, 3.05) is 6.61 Å². The van der Waals surface area contributed by atoms with Crippen molar-refractivity contribution in [3.63, 3.8) is 0 Å². The van der Waals surface area contributed by atoms with Gasteiger partial charge in [-0.05, 0) is 24.5 Å². The van der Waals surface area contributed by atoms with Crippen LogP contribution in [0.25, 0.3) is 0 Å². The van der Waals surface area contributed by atoms with Gasteiger partial charge in [0.2, 0.25) is 0 Å². The van der Waals surface area contributed by atoms with Crippen molar-refractivity contribution >= 4 is 0 Å². The molecule has 0 aliphatic carbocycles.